The third-order valence-electron chi connectivity index (χ3n) is 4.71. The lowest BCUT2D eigenvalue weighted by molar-refractivity contribution is 0.0696. The fourth-order valence-corrected chi connectivity index (χ4v) is 5.37. The second-order valence-corrected chi connectivity index (χ2v) is 9.20. The molecule has 0 fully saturated rings. The maximum absolute atomic E-state index is 12.5. The van der Waals surface area contributed by atoms with Crippen LogP contribution >= 0.6 is 11.3 Å². The maximum Gasteiger partial charge on any atom is 0.339 e. The number of nitrogens with one attached hydrogen (secondary N) is 2. The summed E-state index contributed by atoms with van der Waals surface area (Å²) in [6.07, 6.45) is 3.12. The smallest absolute Gasteiger partial charge is 0.339 e. The standard InChI is InChI=1S/C18H23N3O3S/c1-9-11(7-19-21-9)14(22)20-15-12(16(23)24)10-6-17(2,3)8-18(4,5)13(10)25-15/h7H,6,8H2,1-5H3,(H,19,21)(H,20,22)(H,23,24). The Morgan fingerprint density at radius 3 is 2.56 bits per heavy atom. The van der Waals surface area contributed by atoms with Crippen LogP contribution in [0.4, 0.5) is 5.00 Å². The fourth-order valence-electron chi connectivity index (χ4n) is 4.06. The van der Waals surface area contributed by atoms with E-state index in [4.69, 9.17) is 0 Å². The lowest BCUT2D eigenvalue weighted by atomic mass is 9.65. The molecule has 7 heteroatoms. The third kappa shape index (κ3) is 3.08. The molecule has 2 heterocycles. The Bertz CT molecular complexity index is 861. The van der Waals surface area contributed by atoms with Gasteiger partial charge < -0.3 is 10.4 Å². The van der Waals surface area contributed by atoms with Gasteiger partial charge in [0.2, 0.25) is 0 Å². The number of carboxylic acid groups (broad SMARTS) is 1. The highest BCUT2D eigenvalue weighted by Crippen LogP contribution is 2.52. The van der Waals surface area contributed by atoms with E-state index in [0.29, 0.717) is 22.7 Å². The van der Waals surface area contributed by atoms with E-state index in [1.54, 1.807) is 6.92 Å². The summed E-state index contributed by atoms with van der Waals surface area (Å²) < 4.78 is 0. The normalized spacial score (nSPS) is 17.8. The number of hydrogen-bond donors (Lipinski definition) is 3. The predicted molar refractivity (Wildman–Crippen MR) is 97.7 cm³/mol. The predicted octanol–water partition coefficient (Wildman–Crippen LogP) is 3.98. The lowest BCUT2D eigenvalue weighted by Crippen LogP contribution is -2.34. The molecule has 0 aliphatic heterocycles. The van der Waals surface area contributed by atoms with Crippen LogP contribution in [-0.2, 0) is 11.8 Å². The van der Waals surface area contributed by atoms with Crippen molar-refractivity contribution in [3.63, 3.8) is 0 Å². The number of nitrogens with zero attached hydrogens (tertiary/aromatic N) is 1. The second-order valence-electron chi connectivity index (χ2n) is 8.18. The van der Waals surface area contributed by atoms with Gasteiger partial charge in [-0.05, 0) is 36.2 Å². The highest BCUT2D eigenvalue weighted by Gasteiger charge is 2.42. The van der Waals surface area contributed by atoms with Crippen molar-refractivity contribution in [3.8, 4) is 0 Å². The Kier molecular flexibility index (Phi) is 4.02. The van der Waals surface area contributed by atoms with E-state index < -0.39 is 5.97 Å². The summed E-state index contributed by atoms with van der Waals surface area (Å²) in [5.41, 5.74) is 2.05. The van der Waals surface area contributed by atoms with Crippen molar-refractivity contribution in [3.05, 3.63) is 33.5 Å². The number of aromatic nitrogens is 2. The quantitative estimate of drug-likeness (QED) is 0.770. The van der Waals surface area contributed by atoms with Crippen LogP contribution in [0.1, 0.15) is 71.0 Å². The van der Waals surface area contributed by atoms with E-state index in [-0.39, 0.29) is 22.3 Å². The minimum Gasteiger partial charge on any atom is -0.478 e. The Morgan fingerprint density at radius 1 is 1.32 bits per heavy atom. The van der Waals surface area contributed by atoms with Crippen LogP contribution < -0.4 is 5.32 Å². The molecule has 0 unspecified atom stereocenters. The number of carbonyl (C=O) groups excluding carboxylic acids is 1. The van der Waals surface area contributed by atoms with Crippen molar-refractivity contribution in [2.75, 3.05) is 5.32 Å². The van der Waals surface area contributed by atoms with Gasteiger partial charge in [0.25, 0.3) is 5.91 Å². The van der Waals surface area contributed by atoms with E-state index >= 15 is 0 Å². The molecule has 0 saturated heterocycles. The molecule has 1 aliphatic rings. The molecule has 0 saturated carbocycles. The average Bonchev–Trinajstić information content (AvgIpc) is 3.00. The zero-order chi connectivity index (χ0) is 18.6. The lowest BCUT2D eigenvalue weighted by Gasteiger charge is -2.40. The topological polar surface area (TPSA) is 95.1 Å². The van der Waals surface area contributed by atoms with Gasteiger partial charge in [-0.3, -0.25) is 9.89 Å². The van der Waals surface area contributed by atoms with Crippen LogP contribution in [0.25, 0.3) is 0 Å². The van der Waals surface area contributed by atoms with Crippen molar-refractivity contribution >= 4 is 28.2 Å². The molecule has 2 aromatic rings. The van der Waals surface area contributed by atoms with Crippen LogP contribution in [0.5, 0.6) is 0 Å². The van der Waals surface area contributed by atoms with Gasteiger partial charge in [-0.25, -0.2) is 4.79 Å². The second kappa shape index (κ2) is 5.69. The van der Waals surface area contributed by atoms with Crippen molar-refractivity contribution in [2.45, 2.75) is 52.9 Å². The molecular weight excluding hydrogens is 338 g/mol. The zero-order valence-electron chi connectivity index (χ0n) is 15.1. The van der Waals surface area contributed by atoms with Gasteiger partial charge in [0, 0.05) is 10.6 Å². The van der Waals surface area contributed by atoms with Crippen LogP contribution in [0.2, 0.25) is 0 Å². The van der Waals surface area contributed by atoms with Crippen molar-refractivity contribution in [1.82, 2.24) is 10.2 Å². The number of carboxylic acids is 1. The van der Waals surface area contributed by atoms with Gasteiger partial charge in [0.1, 0.15) is 5.00 Å². The van der Waals surface area contributed by atoms with Gasteiger partial charge in [-0.2, -0.15) is 5.10 Å². The number of aromatic amines is 1. The molecule has 3 rings (SSSR count). The van der Waals surface area contributed by atoms with E-state index in [2.05, 4.69) is 43.2 Å². The Morgan fingerprint density at radius 2 is 2.00 bits per heavy atom. The molecule has 2 aromatic heterocycles. The fraction of sp³-hybridized carbons (Fsp3) is 0.500. The molecule has 1 aliphatic carbocycles. The molecule has 1 amide bonds. The SMILES string of the molecule is Cc1[nH]ncc1C(=O)Nc1sc2c(c1C(=O)O)CC(C)(C)CC2(C)C. The summed E-state index contributed by atoms with van der Waals surface area (Å²) in [6.45, 7) is 10.4. The van der Waals surface area contributed by atoms with Gasteiger partial charge in [-0.1, -0.05) is 27.7 Å². The number of aromatic carboxylic acids is 1. The first-order valence-electron chi connectivity index (χ1n) is 8.22. The average molecular weight is 361 g/mol. The monoisotopic (exact) mass is 361 g/mol. The third-order valence-corrected chi connectivity index (χ3v) is 6.23. The minimum atomic E-state index is -0.995. The first-order chi connectivity index (χ1) is 11.5. The number of hydrogen-bond acceptors (Lipinski definition) is 4. The molecule has 134 valence electrons. The highest BCUT2D eigenvalue weighted by atomic mass is 32.1. The largest absolute Gasteiger partial charge is 0.478 e. The maximum atomic E-state index is 12.5. The summed E-state index contributed by atoms with van der Waals surface area (Å²) >= 11 is 1.39. The van der Waals surface area contributed by atoms with Crippen molar-refractivity contribution in [1.29, 1.82) is 0 Å². The number of fused-ring (bicyclic) bond motifs is 1. The summed E-state index contributed by atoms with van der Waals surface area (Å²) in [4.78, 5) is 25.5. The van der Waals surface area contributed by atoms with E-state index in [1.165, 1.54) is 17.5 Å². The number of amides is 1. The zero-order valence-corrected chi connectivity index (χ0v) is 15.9. The summed E-state index contributed by atoms with van der Waals surface area (Å²) in [7, 11) is 0. The first-order valence-corrected chi connectivity index (χ1v) is 9.04. The van der Waals surface area contributed by atoms with Gasteiger partial charge in [-0.15, -0.1) is 11.3 Å². The van der Waals surface area contributed by atoms with E-state index in [1.807, 2.05) is 0 Å². The van der Waals surface area contributed by atoms with Crippen LogP contribution in [0.15, 0.2) is 6.20 Å². The van der Waals surface area contributed by atoms with Crippen LogP contribution in [0, 0.1) is 12.3 Å². The van der Waals surface area contributed by atoms with E-state index in [0.717, 1.165) is 16.9 Å². The number of anilines is 1. The number of aryl methyl sites for hydroxylation is 1. The molecule has 0 bridgehead atoms. The Balaban J connectivity index is 2.07. The number of H-pyrrole nitrogens is 1. The number of thiophene rings is 1. The molecule has 0 atom stereocenters. The highest BCUT2D eigenvalue weighted by molar-refractivity contribution is 7.17. The van der Waals surface area contributed by atoms with Crippen LogP contribution in [-0.4, -0.2) is 27.2 Å². The Hall–Kier alpha value is -2.15. The molecular formula is C18H23N3O3S. The summed E-state index contributed by atoms with van der Waals surface area (Å²) in [5.74, 6) is -1.34. The number of carbonyl (C=O) groups is 2. The van der Waals surface area contributed by atoms with Crippen LogP contribution in [0.3, 0.4) is 0 Å². The molecule has 0 spiro atoms. The molecule has 0 radical (unpaired) electrons. The molecule has 25 heavy (non-hydrogen) atoms. The molecule has 3 N–H and O–H groups in total. The van der Waals surface area contributed by atoms with Gasteiger partial charge in [0.05, 0.1) is 17.3 Å². The summed E-state index contributed by atoms with van der Waals surface area (Å²) in [5, 5.41) is 19.6. The van der Waals surface area contributed by atoms with Gasteiger partial charge >= 0.3 is 5.97 Å². The van der Waals surface area contributed by atoms with Crippen molar-refractivity contribution < 1.29 is 14.7 Å². The minimum absolute atomic E-state index is 0.0181. The molecule has 0 aromatic carbocycles. The first kappa shape index (κ1) is 17.7. The van der Waals surface area contributed by atoms with E-state index in [9.17, 15) is 14.7 Å². The Labute approximate surface area is 150 Å². The number of rotatable bonds is 3. The van der Waals surface area contributed by atoms with Crippen molar-refractivity contribution in [2.24, 2.45) is 5.41 Å². The molecule has 6 nitrogen and oxygen atoms in total. The van der Waals surface area contributed by atoms with Gasteiger partial charge in [0.15, 0.2) is 0 Å². The summed E-state index contributed by atoms with van der Waals surface area (Å²) in [6, 6.07) is 0.